The molecule has 17 heteroatoms. The van der Waals surface area contributed by atoms with Gasteiger partial charge in [0.2, 0.25) is 18.0 Å². The maximum atomic E-state index is 14.2. The van der Waals surface area contributed by atoms with E-state index in [0.717, 1.165) is 24.3 Å². The number of aromatic nitrogens is 1. The number of ether oxygens (including phenoxy) is 3. The van der Waals surface area contributed by atoms with Crippen LogP contribution in [0.2, 0.25) is 0 Å². The van der Waals surface area contributed by atoms with Crippen LogP contribution in [0.3, 0.4) is 0 Å². The molecular formula is C31H29F2N5O10. The molecule has 0 radical (unpaired) electrons. The molecule has 2 atom stereocenters. The van der Waals surface area contributed by atoms with Crippen molar-refractivity contribution in [1.29, 1.82) is 0 Å². The minimum atomic E-state index is -1.29. The Hall–Kier alpha value is -5.87. The Morgan fingerprint density at radius 1 is 1.17 bits per heavy atom. The lowest BCUT2D eigenvalue weighted by Crippen LogP contribution is -2.50. The van der Waals surface area contributed by atoms with Crippen molar-refractivity contribution in [2.75, 3.05) is 19.9 Å². The third kappa shape index (κ3) is 7.40. The van der Waals surface area contributed by atoms with Gasteiger partial charge in [0.05, 0.1) is 16.7 Å². The maximum Gasteiger partial charge on any atom is 0.516 e. The van der Waals surface area contributed by atoms with Crippen molar-refractivity contribution in [3.63, 3.8) is 0 Å². The van der Waals surface area contributed by atoms with E-state index in [1.807, 2.05) is 0 Å². The van der Waals surface area contributed by atoms with E-state index in [9.17, 15) is 38.1 Å². The molecule has 15 nitrogen and oxygen atoms in total. The zero-order valence-electron chi connectivity index (χ0n) is 25.6. The number of halogens is 2. The molecule has 1 N–H and O–H groups in total. The highest BCUT2D eigenvalue weighted by atomic mass is 19.1. The molecule has 0 saturated heterocycles. The van der Waals surface area contributed by atoms with Crippen molar-refractivity contribution in [2.24, 2.45) is 5.16 Å². The normalized spacial score (nSPS) is 18.4. The Morgan fingerprint density at radius 2 is 1.92 bits per heavy atom. The maximum absolute atomic E-state index is 14.2. The Morgan fingerprint density at radius 3 is 2.62 bits per heavy atom. The van der Waals surface area contributed by atoms with Crippen LogP contribution >= 0.6 is 0 Å². The summed E-state index contributed by atoms with van der Waals surface area (Å²) < 4.78 is 44.5. The average Bonchev–Trinajstić information content (AvgIpc) is 3.04. The summed E-state index contributed by atoms with van der Waals surface area (Å²) in [6.45, 7) is 2.64. The van der Waals surface area contributed by atoms with Gasteiger partial charge < -0.3 is 33.8 Å². The number of pyridine rings is 1. The Labute approximate surface area is 270 Å². The van der Waals surface area contributed by atoms with Gasteiger partial charge in [0.1, 0.15) is 29.6 Å². The highest BCUT2D eigenvalue weighted by Gasteiger charge is 2.39. The highest BCUT2D eigenvalue weighted by Crippen LogP contribution is 2.32. The van der Waals surface area contributed by atoms with Gasteiger partial charge in [-0.05, 0) is 32.0 Å². The molecule has 5 rings (SSSR count). The number of nitrogens with zero attached hydrogens (tertiary/aromatic N) is 4. The molecule has 3 heterocycles. The number of carbonyl (C=O) groups is 3. The zero-order valence-corrected chi connectivity index (χ0v) is 25.6. The lowest BCUT2D eigenvalue weighted by molar-refractivity contribution is -0.384. The summed E-state index contributed by atoms with van der Waals surface area (Å²) in [6.07, 6.45) is 0.593. The van der Waals surface area contributed by atoms with Crippen LogP contribution in [0.25, 0.3) is 0 Å². The van der Waals surface area contributed by atoms with Gasteiger partial charge >= 0.3 is 6.16 Å². The number of hydrogen-bond acceptors (Lipinski definition) is 11. The van der Waals surface area contributed by atoms with Gasteiger partial charge in [-0.15, -0.1) is 0 Å². The third-order valence-electron chi connectivity index (χ3n) is 7.69. The van der Waals surface area contributed by atoms with Gasteiger partial charge in [0.15, 0.2) is 5.69 Å². The fourth-order valence-electron chi connectivity index (χ4n) is 5.22. The van der Waals surface area contributed by atoms with Crippen LogP contribution in [0.15, 0.2) is 58.6 Å². The molecule has 0 fully saturated rings. The van der Waals surface area contributed by atoms with Crippen LogP contribution in [-0.2, 0) is 16.1 Å². The molecule has 2 amide bonds. The summed E-state index contributed by atoms with van der Waals surface area (Å²) in [4.78, 5) is 70.5. The Bertz CT molecular complexity index is 1850. The van der Waals surface area contributed by atoms with E-state index in [2.05, 4.69) is 10.5 Å². The second kappa shape index (κ2) is 14.3. The first kappa shape index (κ1) is 33.5. The number of nitrogens with one attached hydrogen (secondary N) is 1. The number of nitro groups is 1. The second-order valence-electron chi connectivity index (χ2n) is 11.0. The van der Waals surface area contributed by atoms with Crippen molar-refractivity contribution in [3.8, 4) is 11.5 Å². The molecule has 0 spiro atoms. The van der Waals surface area contributed by atoms with Gasteiger partial charge in [-0.25, -0.2) is 13.6 Å². The quantitative estimate of drug-likeness (QED) is 0.121. The number of benzene rings is 2. The van der Waals surface area contributed by atoms with Crippen LogP contribution in [0.5, 0.6) is 11.5 Å². The molecule has 2 aromatic carbocycles. The lowest BCUT2D eigenvalue weighted by Gasteiger charge is -2.40. The molecular weight excluding hydrogens is 640 g/mol. The van der Waals surface area contributed by atoms with E-state index in [1.165, 1.54) is 22.9 Å². The third-order valence-corrected chi connectivity index (χ3v) is 7.69. The van der Waals surface area contributed by atoms with Gasteiger partial charge in [0.25, 0.3) is 17.5 Å². The fourth-order valence-corrected chi connectivity index (χ4v) is 5.22. The first-order chi connectivity index (χ1) is 22.9. The molecule has 2 bridgehead atoms. The fraction of sp³-hybridized carbons (Fsp3) is 0.323. The number of rotatable bonds is 8. The topological polar surface area (TPSA) is 181 Å². The lowest BCUT2D eigenvalue weighted by atomic mass is 10.0. The van der Waals surface area contributed by atoms with Gasteiger partial charge in [0, 0.05) is 61.9 Å². The van der Waals surface area contributed by atoms with Crippen molar-refractivity contribution in [2.45, 2.75) is 45.3 Å². The zero-order chi connectivity index (χ0) is 34.5. The molecule has 0 saturated carbocycles. The van der Waals surface area contributed by atoms with Crippen LogP contribution in [0, 0.1) is 21.7 Å². The summed E-state index contributed by atoms with van der Waals surface area (Å²) in [5.41, 5.74) is -1.40. The van der Waals surface area contributed by atoms with E-state index in [0.29, 0.717) is 18.2 Å². The van der Waals surface area contributed by atoms with E-state index in [1.54, 1.807) is 18.7 Å². The molecule has 0 aliphatic carbocycles. The number of oxime groups is 1. The standard InChI is InChI=1S/C31H29F2N5O10/c1-17-11-22-14-36(18(2)9-10-47-35-17)30(41)26-28(45-16-46-31(42)48-23-7-5-21(6-8-23)38(43)44)27(39)24(15-37(22)26)29(40)34-13-19-3-4-20(32)12-25(19)33/h3-8,12,15,18,22H,9-11,13-14,16H2,1-2H3,(H,34,40)/b35-17-/t18-,22-/m0/s1. The molecule has 48 heavy (non-hydrogen) atoms. The number of carbonyl (C=O) groups excluding carboxylic acids is 3. The predicted octanol–water partition coefficient (Wildman–Crippen LogP) is 4.09. The first-order valence-corrected chi connectivity index (χ1v) is 14.6. The number of hydrogen-bond donors (Lipinski definition) is 1. The summed E-state index contributed by atoms with van der Waals surface area (Å²) >= 11 is 0. The number of nitro benzene ring substituents is 1. The SMILES string of the molecule is C/C1=N/OCC[C@H](C)N2C[C@H](C1)n1cc(C(=O)NCc3ccc(F)cc3F)c(=O)c(OCOC(=O)Oc3ccc([N+](=O)[O-])cc3)c1C2=O. The summed E-state index contributed by atoms with van der Waals surface area (Å²) in [5.74, 6) is -3.91. The van der Waals surface area contributed by atoms with Crippen molar-refractivity contribution >= 4 is 29.4 Å². The Kier molecular flexibility index (Phi) is 9.96. The summed E-state index contributed by atoms with van der Waals surface area (Å²) in [6, 6.07) is 6.49. The van der Waals surface area contributed by atoms with Gasteiger partial charge in [-0.2, -0.15) is 0 Å². The van der Waals surface area contributed by atoms with Crippen molar-refractivity contribution in [1.82, 2.24) is 14.8 Å². The summed E-state index contributed by atoms with van der Waals surface area (Å²) in [5, 5.41) is 17.4. The monoisotopic (exact) mass is 669 g/mol. The van der Waals surface area contributed by atoms with Crippen LogP contribution in [0.1, 0.15) is 59.1 Å². The van der Waals surface area contributed by atoms with Crippen molar-refractivity contribution in [3.05, 3.63) is 97.5 Å². The smallest absolute Gasteiger partial charge is 0.451 e. The van der Waals surface area contributed by atoms with Crippen LogP contribution < -0.4 is 20.2 Å². The van der Waals surface area contributed by atoms with Crippen LogP contribution in [0.4, 0.5) is 19.3 Å². The number of amides is 2. The molecule has 2 aliphatic rings. The number of fused-ring (bicyclic) bond motifs is 4. The first-order valence-electron chi connectivity index (χ1n) is 14.6. The van der Waals surface area contributed by atoms with Gasteiger partial charge in [-0.3, -0.25) is 24.5 Å². The summed E-state index contributed by atoms with van der Waals surface area (Å²) in [7, 11) is 0. The van der Waals surface area contributed by atoms with Crippen molar-refractivity contribution < 1.29 is 47.1 Å². The molecule has 0 unspecified atom stereocenters. The molecule has 2 aliphatic heterocycles. The van der Waals surface area contributed by atoms with E-state index >= 15 is 0 Å². The van der Waals surface area contributed by atoms with E-state index in [-0.39, 0.29) is 48.3 Å². The van der Waals surface area contributed by atoms with Crippen LogP contribution in [-0.4, -0.2) is 64.1 Å². The minimum Gasteiger partial charge on any atom is -0.451 e. The minimum absolute atomic E-state index is 0.0433. The average molecular weight is 670 g/mol. The van der Waals surface area contributed by atoms with E-state index < -0.39 is 70.6 Å². The van der Waals surface area contributed by atoms with E-state index in [4.69, 9.17) is 19.0 Å². The Balaban J connectivity index is 1.46. The molecule has 252 valence electrons. The van der Waals surface area contributed by atoms with Gasteiger partial charge in [-0.1, -0.05) is 11.2 Å². The molecule has 3 aromatic rings. The highest BCUT2D eigenvalue weighted by molar-refractivity contribution is 5.99. The largest absolute Gasteiger partial charge is 0.516 e. The predicted molar refractivity (Wildman–Crippen MR) is 162 cm³/mol. The second-order valence-corrected chi connectivity index (χ2v) is 11.0. The molecule has 1 aromatic heterocycles. The number of non-ortho nitro benzene ring substituents is 1.